The van der Waals surface area contributed by atoms with Crippen molar-refractivity contribution in [2.75, 3.05) is 0 Å². The zero-order valence-corrected chi connectivity index (χ0v) is 10.8. The van der Waals surface area contributed by atoms with Crippen molar-refractivity contribution in [2.45, 2.75) is 11.8 Å². The molecule has 0 aromatic heterocycles. The van der Waals surface area contributed by atoms with E-state index in [2.05, 4.69) is 15.9 Å². The number of hydrogen-bond donors (Lipinski definition) is 0. The molecule has 0 fully saturated rings. The Hall–Kier alpha value is 0.240. The minimum absolute atomic E-state index is 0.343. The summed E-state index contributed by atoms with van der Waals surface area (Å²) in [5.41, 5.74) is 0.698. The van der Waals surface area contributed by atoms with Crippen LogP contribution in [0.5, 0.6) is 0 Å². The third-order valence-electron chi connectivity index (χ3n) is 1.65. The maximum absolute atomic E-state index is 10.4. The molecule has 0 radical (unpaired) electrons. The molecule has 0 aliphatic heterocycles. The lowest BCUT2D eigenvalue weighted by atomic mass is 10.1. The summed E-state index contributed by atoms with van der Waals surface area (Å²) in [5, 5.41) is 0.430. The van der Waals surface area contributed by atoms with Gasteiger partial charge in [0.05, 0.1) is 5.38 Å². The lowest BCUT2D eigenvalue weighted by Gasteiger charge is -2.08. The molecule has 76 valence electrons. The highest BCUT2D eigenvalue weighted by Gasteiger charge is 2.12. The normalized spacial score (nSPS) is 12.6. The molecule has 0 saturated carbocycles. The van der Waals surface area contributed by atoms with E-state index in [1.54, 1.807) is 12.1 Å². The molecule has 0 heterocycles. The van der Waals surface area contributed by atoms with Gasteiger partial charge < -0.3 is 4.79 Å². The fourth-order valence-corrected chi connectivity index (χ4v) is 2.53. The maximum atomic E-state index is 10.4. The number of halogens is 4. The molecule has 5 heteroatoms. The van der Waals surface area contributed by atoms with E-state index in [0.29, 0.717) is 28.3 Å². The molecule has 1 aromatic rings. The second kappa shape index (κ2) is 5.36. The summed E-state index contributed by atoms with van der Waals surface area (Å²) in [6.07, 6.45) is 1.01. The Kier molecular flexibility index (Phi) is 4.71. The first-order chi connectivity index (χ1) is 6.54. The predicted molar refractivity (Wildman–Crippen MR) is 63.6 cm³/mol. The van der Waals surface area contributed by atoms with Crippen LogP contribution in [0.1, 0.15) is 5.56 Å². The van der Waals surface area contributed by atoms with Gasteiger partial charge in [0, 0.05) is 14.5 Å². The standard InChI is InChI=1S/C9H6BrCl3O/c10-5-1-8(12)7(9(13)2-5)3-6(11)4-14/h1-2,4,6H,3H2. The van der Waals surface area contributed by atoms with Gasteiger partial charge >= 0.3 is 0 Å². The van der Waals surface area contributed by atoms with Gasteiger partial charge in [0.15, 0.2) is 0 Å². The number of hydrogen-bond acceptors (Lipinski definition) is 1. The summed E-state index contributed by atoms with van der Waals surface area (Å²) in [5.74, 6) is 0. The van der Waals surface area contributed by atoms with Crippen molar-refractivity contribution in [3.8, 4) is 0 Å². The van der Waals surface area contributed by atoms with E-state index in [9.17, 15) is 4.79 Å². The van der Waals surface area contributed by atoms with Gasteiger partial charge in [-0.2, -0.15) is 0 Å². The second-order valence-corrected chi connectivity index (χ2v) is 4.99. The molecule has 14 heavy (non-hydrogen) atoms. The van der Waals surface area contributed by atoms with Crippen LogP contribution < -0.4 is 0 Å². The third-order valence-corrected chi connectivity index (χ3v) is 3.04. The predicted octanol–water partition coefficient (Wildman–Crippen LogP) is 4.10. The molecule has 0 aliphatic carbocycles. The molecule has 0 bridgehead atoms. The number of rotatable bonds is 3. The molecule has 1 rings (SSSR count). The minimum Gasteiger partial charge on any atom is -0.302 e. The third kappa shape index (κ3) is 3.13. The molecule has 0 aliphatic rings. The van der Waals surface area contributed by atoms with Gasteiger partial charge in [0.1, 0.15) is 6.29 Å². The fourth-order valence-electron chi connectivity index (χ4n) is 1.01. The molecule has 0 saturated heterocycles. The average Bonchev–Trinajstić information content (AvgIpc) is 2.10. The summed E-state index contributed by atoms with van der Waals surface area (Å²) in [4.78, 5) is 10.4. The monoisotopic (exact) mass is 314 g/mol. The lowest BCUT2D eigenvalue weighted by molar-refractivity contribution is -0.107. The number of benzene rings is 1. The Morgan fingerprint density at radius 3 is 2.29 bits per heavy atom. The molecule has 1 aromatic carbocycles. The zero-order valence-electron chi connectivity index (χ0n) is 6.94. The second-order valence-electron chi connectivity index (χ2n) is 2.70. The van der Waals surface area contributed by atoms with Crippen molar-refractivity contribution in [3.05, 3.63) is 32.2 Å². The molecular weight excluding hydrogens is 310 g/mol. The molecule has 1 nitrogen and oxygen atoms in total. The Labute approximate surface area is 105 Å². The highest BCUT2D eigenvalue weighted by Crippen LogP contribution is 2.30. The van der Waals surface area contributed by atoms with Gasteiger partial charge in [-0.25, -0.2) is 0 Å². The van der Waals surface area contributed by atoms with Crippen molar-refractivity contribution in [1.29, 1.82) is 0 Å². The molecule has 1 unspecified atom stereocenters. The highest BCUT2D eigenvalue weighted by atomic mass is 79.9. The first-order valence-corrected chi connectivity index (χ1v) is 5.76. The topological polar surface area (TPSA) is 17.1 Å². The van der Waals surface area contributed by atoms with Gasteiger partial charge in [-0.05, 0) is 24.1 Å². The van der Waals surface area contributed by atoms with Crippen molar-refractivity contribution < 1.29 is 4.79 Å². The van der Waals surface area contributed by atoms with Gasteiger partial charge in [-0.15, -0.1) is 11.6 Å². The van der Waals surface area contributed by atoms with E-state index >= 15 is 0 Å². The summed E-state index contributed by atoms with van der Waals surface area (Å²) < 4.78 is 0.800. The quantitative estimate of drug-likeness (QED) is 0.606. The van der Waals surface area contributed by atoms with Crippen LogP contribution in [0.2, 0.25) is 10.0 Å². The van der Waals surface area contributed by atoms with Crippen LogP contribution in [0.4, 0.5) is 0 Å². The van der Waals surface area contributed by atoms with E-state index in [0.717, 1.165) is 4.47 Å². The molecule has 0 spiro atoms. The van der Waals surface area contributed by atoms with Crippen molar-refractivity contribution in [1.82, 2.24) is 0 Å². The molecule has 1 atom stereocenters. The van der Waals surface area contributed by atoms with Gasteiger partial charge in [-0.1, -0.05) is 39.1 Å². The zero-order chi connectivity index (χ0) is 10.7. The number of aldehydes is 1. The Morgan fingerprint density at radius 1 is 1.36 bits per heavy atom. The SMILES string of the molecule is O=CC(Cl)Cc1c(Cl)cc(Br)cc1Cl. The first-order valence-electron chi connectivity index (χ1n) is 3.77. The van der Waals surface area contributed by atoms with E-state index in [4.69, 9.17) is 34.8 Å². The van der Waals surface area contributed by atoms with Gasteiger partial charge in [0.2, 0.25) is 0 Å². The van der Waals surface area contributed by atoms with Crippen molar-refractivity contribution in [3.63, 3.8) is 0 Å². The van der Waals surface area contributed by atoms with Crippen molar-refractivity contribution >= 4 is 57.0 Å². The van der Waals surface area contributed by atoms with Gasteiger partial charge in [0.25, 0.3) is 0 Å². The van der Waals surface area contributed by atoms with Crippen LogP contribution in [-0.4, -0.2) is 11.7 Å². The van der Waals surface area contributed by atoms with E-state index in [1.807, 2.05) is 0 Å². The largest absolute Gasteiger partial charge is 0.302 e. The van der Waals surface area contributed by atoms with Crippen LogP contribution in [-0.2, 0) is 11.2 Å². The van der Waals surface area contributed by atoms with Crippen LogP contribution in [0.15, 0.2) is 16.6 Å². The lowest BCUT2D eigenvalue weighted by Crippen LogP contribution is -2.05. The highest BCUT2D eigenvalue weighted by molar-refractivity contribution is 9.10. The maximum Gasteiger partial charge on any atom is 0.138 e. The molecule has 0 N–H and O–H groups in total. The van der Waals surface area contributed by atoms with E-state index < -0.39 is 5.38 Å². The number of carbonyl (C=O) groups is 1. The van der Waals surface area contributed by atoms with E-state index in [-0.39, 0.29) is 0 Å². The summed E-state index contributed by atoms with van der Waals surface area (Å²) in [6, 6.07) is 3.44. The minimum atomic E-state index is -0.592. The fraction of sp³-hybridized carbons (Fsp3) is 0.222. The molecular formula is C9H6BrCl3O. The van der Waals surface area contributed by atoms with Crippen LogP contribution in [0.3, 0.4) is 0 Å². The van der Waals surface area contributed by atoms with Crippen LogP contribution in [0, 0.1) is 0 Å². The summed E-state index contributed by atoms with van der Waals surface area (Å²) in [6.45, 7) is 0. The molecule has 0 amide bonds. The summed E-state index contributed by atoms with van der Waals surface area (Å²) >= 11 is 20.8. The van der Waals surface area contributed by atoms with E-state index in [1.165, 1.54) is 0 Å². The Balaban J connectivity index is 3.02. The van der Waals surface area contributed by atoms with Gasteiger partial charge in [-0.3, -0.25) is 0 Å². The van der Waals surface area contributed by atoms with Crippen LogP contribution >= 0.6 is 50.7 Å². The average molecular weight is 316 g/mol. The first kappa shape index (κ1) is 12.3. The summed E-state index contributed by atoms with van der Waals surface area (Å²) in [7, 11) is 0. The Morgan fingerprint density at radius 2 is 1.86 bits per heavy atom. The van der Waals surface area contributed by atoms with Crippen molar-refractivity contribution in [2.24, 2.45) is 0 Å². The Bertz CT molecular complexity index is 331. The smallest absolute Gasteiger partial charge is 0.138 e. The van der Waals surface area contributed by atoms with Crippen LogP contribution in [0.25, 0.3) is 0 Å². The number of carbonyl (C=O) groups excluding carboxylic acids is 1. The number of alkyl halides is 1.